The molecule has 6 heteroatoms. The summed E-state index contributed by atoms with van der Waals surface area (Å²) in [4.78, 5) is 15.3. The predicted octanol–water partition coefficient (Wildman–Crippen LogP) is 13.1. The smallest absolute Gasteiger partial charge is 0.164 e. The fourth-order valence-corrected chi connectivity index (χ4v) is 8.29. The van der Waals surface area contributed by atoms with Crippen molar-refractivity contribution in [2.75, 3.05) is 0 Å². The molecule has 3 aromatic heterocycles. The zero-order chi connectivity index (χ0) is 38.6. The molecule has 0 aliphatic heterocycles. The van der Waals surface area contributed by atoms with E-state index >= 15 is 0 Å². The SMILES string of the molecule is N#Cc1cc(-c2ccccc2)c(-n2c3ccccc3c3ccc4c5ccccc5oc4c32)c(-c2ccccc2-c2nc(-c3ccccc3)nc(-c3ccccc3)n2)c1. The van der Waals surface area contributed by atoms with E-state index in [-0.39, 0.29) is 0 Å². The highest BCUT2D eigenvalue weighted by Gasteiger charge is 2.26. The van der Waals surface area contributed by atoms with Crippen molar-refractivity contribution in [3.05, 3.63) is 194 Å². The van der Waals surface area contributed by atoms with E-state index in [4.69, 9.17) is 19.4 Å². The maximum absolute atomic E-state index is 10.7. The van der Waals surface area contributed by atoms with Crippen LogP contribution in [0.25, 0.3) is 106 Å². The van der Waals surface area contributed by atoms with Crippen molar-refractivity contribution in [1.29, 1.82) is 5.26 Å². The Balaban J connectivity index is 1.28. The van der Waals surface area contributed by atoms with Gasteiger partial charge in [0.25, 0.3) is 0 Å². The van der Waals surface area contributed by atoms with Gasteiger partial charge in [-0.15, -0.1) is 0 Å². The summed E-state index contributed by atoms with van der Waals surface area (Å²) >= 11 is 0. The van der Waals surface area contributed by atoms with Gasteiger partial charge in [0.1, 0.15) is 5.58 Å². The van der Waals surface area contributed by atoms with Crippen LogP contribution in [0.4, 0.5) is 0 Å². The molecule has 58 heavy (non-hydrogen) atoms. The number of aromatic nitrogens is 4. The molecule has 0 radical (unpaired) electrons. The van der Waals surface area contributed by atoms with Crippen LogP contribution in [0.5, 0.6) is 0 Å². The number of para-hydroxylation sites is 2. The van der Waals surface area contributed by atoms with Crippen molar-refractivity contribution in [1.82, 2.24) is 19.5 Å². The molecular formula is C52H31N5O. The minimum absolute atomic E-state index is 0.528. The topological polar surface area (TPSA) is 80.5 Å². The van der Waals surface area contributed by atoms with Gasteiger partial charge in [-0.05, 0) is 41.5 Å². The highest BCUT2D eigenvalue weighted by atomic mass is 16.3. The fraction of sp³-hybridized carbons (Fsp3) is 0. The van der Waals surface area contributed by atoms with Crippen LogP contribution in [0.2, 0.25) is 0 Å². The van der Waals surface area contributed by atoms with Gasteiger partial charge in [-0.2, -0.15) is 5.26 Å². The molecule has 0 saturated heterocycles. The van der Waals surface area contributed by atoms with E-state index in [9.17, 15) is 5.26 Å². The Morgan fingerprint density at radius 3 is 1.66 bits per heavy atom. The molecule has 270 valence electrons. The Bertz CT molecular complexity index is 3340. The summed E-state index contributed by atoms with van der Waals surface area (Å²) in [6, 6.07) is 66.0. The minimum Gasteiger partial charge on any atom is -0.454 e. The largest absolute Gasteiger partial charge is 0.454 e. The van der Waals surface area contributed by atoms with Crippen LogP contribution < -0.4 is 0 Å². The van der Waals surface area contributed by atoms with E-state index < -0.39 is 0 Å². The Hall–Kier alpha value is -8.14. The molecule has 0 atom stereocenters. The van der Waals surface area contributed by atoms with Crippen molar-refractivity contribution in [3.63, 3.8) is 0 Å². The van der Waals surface area contributed by atoms with Gasteiger partial charge in [-0.25, -0.2) is 15.0 Å². The average Bonchev–Trinajstić information content (AvgIpc) is 3.85. The van der Waals surface area contributed by atoms with E-state index in [1.807, 2.05) is 121 Å². The van der Waals surface area contributed by atoms with Gasteiger partial charge in [0, 0.05) is 49.4 Å². The molecule has 0 N–H and O–H groups in total. The third-order valence-corrected chi connectivity index (χ3v) is 10.9. The zero-order valence-electron chi connectivity index (χ0n) is 31.0. The van der Waals surface area contributed by atoms with E-state index in [1.165, 1.54) is 0 Å². The second-order valence-electron chi connectivity index (χ2n) is 14.3. The molecule has 11 aromatic rings. The second-order valence-corrected chi connectivity index (χ2v) is 14.3. The highest BCUT2D eigenvalue weighted by Crippen LogP contribution is 2.46. The summed E-state index contributed by atoms with van der Waals surface area (Å²) in [5, 5.41) is 14.9. The number of nitriles is 1. The van der Waals surface area contributed by atoms with Gasteiger partial charge < -0.3 is 8.98 Å². The number of fused-ring (bicyclic) bond motifs is 7. The van der Waals surface area contributed by atoms with Crippen LogP contribution in [-0.2, 0) is 0 Å². The molecule has 6 nitrogen and oxygen atoms in total. The normalized spacial score (nSPS) is 11.4. The van der Waals surface area contributed by atoms with Crippen molar-refractivity contribution in [2.45, 2.75) is 0 Å². The molecule has 0 saturated carbocycles. The number of rotatable bonds is 6. The van der Waals surface area contributed by atoms with Crippen LogP contribution in [-0.4, -0.2) is 19.5 Å². The molecule has 0 bridgehead atoms. The maximum atomic E-state index is 10.7. The molecule has 0 aliphatic rings. The lowest BCUT2D eigenvalue weighted by molar-refractivity contribution is 0.671. The standard InChI is InChI=1S/C52H31N5O/c53-32-33-30-43(34-16-4-1-5-17-34)47(57-45-26-14-12-23-38(45)40-28-29-41-39-24-13-15-27-46(39)58-49(41)48(40)57)44(31-33)37-22-10-11-25-42(37)52-55-50(35-18-6-2-7-19-35)54-51(56-52)36-20-8-3-9-21-36/h1-31H. The summed E-state index contributed by atoms with van der Waals surface area (Å²) in [7, 11) is 0. The Labute approximate surface area is 333 Å². The lowest BCUT2D eigenvalue weighted by Gasteiger charge is -2.21. The van der Waals surface area contributed by atoms with Gasteiger partial charge in [0.2, 0.25) is 0 Å². The number of hydrogen-bond donors (Lipinski definition) is 0. The van der Waals surface area contributed by atoms with Crippen molar-refractivity contribution >= 4 is 43.7 Å². The van der Waals surface area contributed by atoms with Crippen LogP contribution in [0.1, 0.15) is 5.56 Å². The Kier molecular flexibility index (Phi) is 7.76. The van der Waals surface area contributed by atoms with Crippen LogP contribution in [0, 0.1) is 11.3 Å². The van der Waals surface area contributed by atoms with Crippen LogP contribution >= 0.6 is 0 Å². The molecule has 0 fully saturated rings. The fourth-order valence-electron chi connectivity index (χ4n) is 8.29. The van der Waals surface area contributed by atoms with Crippen LogP contribution in [0.3, 0.4) is 0 Å². The van der Waals surface area contributed by atoms with Gasteiger partial charge in [-0.3, -0.25) is 0 Å². The molecule has 0 spiro atoms. The first-order chi connectivity index (χ1) is 28.7. The lowest BCUT2D eigenvalue weighted by Crippen LogP contribution is -2.04. The van der Waals surface area contributed by atoms with Crippen LogP contribution in [0.15, 0.2) is 192 Å². The molecule has 8 aromatic carbocycles. The van der Waals surface area contributed by atoms with Gasteiger partial charge >= 0.3 is 0 Å². The third-order valence-electron chi connectivity index (χ3n) is 10.9. The maximum Gasteiger partial charge on any atom is 0.164 e. The van der Waals surface area contributed by atoms with Crippen molar-refractivity contribution in [3.8, 4) is 68.2 Å². The first-order valence-corrected chi connectivity index (χ1v) is 19.2. The monoisotopic (exact) mass is 741 g/mol. The van der Waals surface area contributed by atoms with Gasteiger partial charge in [0.05, 0.1) is 28.4 Å². The van der Waals surface area contributed by atoms with E-state index in [0.717, 1.165) is 88.4 Å². The third kappa shape index (κ3) is 5.37. The summed E-state index contributed by atoms with van der Waals surface area (Å²) in [5.41, 5.74) is 11.3. The average molecular weight is 742 g/mol. The molecule has 3 heterocycles. The van der Waals surface area contributed by atoms with Crippen molar-refractivity contribution in [2.24, 2.45) is 0 Å². The molecule has 0 aliphatic carbocycles. The predicted molar refractivity (Wildman–Crippen MR) is 233 cm³/mol. The summed E-state index contributed by atoms with van der Waals surface area (Å²) in [5.74, 6) is 1.68. The first-order valence-electron chi connectivity index (χ1n) is 19.2. The number of nitrogens with zero attached hydrogens (tertiary/aromatic N) is 5. The highest BCUT2D eigenvalue weighted by molar-refractivity contribution is 6.22. The first kappa shape index (κ1) is 33.2. The number of benzene rings is 8. The molecule has 0 amide bonds. The van der Waals surface area contributed by atoms with Gasteiger partial charge in [0.15, 0.2) is 23.1 Å². The van der Waals surface area contributed by atoms with E-state index in [2.05, 4.69) is 77.4 Å². The number of hydrogen-bond acceptors (Lipinski definition) is 5. The minimum atomic E-state index is 0.528. The van der Waals surface area contributed by atoms with Gasteiger partial charge in [-0.1, -0.05) is 158 Å². The summed E-state index contributed by atoms with van der Waals surface area (Å²) in [6.45, 7) is 0. The lowest BCUT2D eigenvalue weighted by atomic mass is 9.90. The van der Waals surface area contributed by atoms with E-state index in [1.54, 1.807) is 0 Å². The zero-order valence-corrected chi connectivity index (χ0v) is 31.0. The molecule has 11 rings (SSSR count). The Morgan fingerprint density at radius 1 is 0.431 bits per heavy atom. The molecule has 0 unspecified atom stereocenters. The molecular weight excluding hydrogens is 711 g/mol. The van der Waals surface area contributed by atoms with E-state index in [0.29, 0.717) is 23.0 Å². The summed E-state index contributed by atoms with van der Waals surface area (Å²) < 4.78 is 9.13. The summed E-state index contributed by atoms with van der Waals surface area (Å²) in [6.07, 6.45) is 0. The van der Waals surface area contributed by atoms with Crippen molar-refractivity contribution < 1.29 is 4.42 Å². The second kappa shape index (κ2) is 13.6. The quantitative estimate of drug-likeness (QED) is 0.169. The Morgan fingerprint density at radius 2 is 0.966 bits per heavy atom. The number of furan rings is 1.